The number of fused-ring (bicyclic) bond motifs is 3. The molecule has 5 atom stereocenters. The quantitative estimate of drug-likeness (QED) is 0.273. The highest BCUT2D eigenvalue weighted by molar-refractivity contribution is 7.91. The Balaban J connectivity index is 1.20. The molecule has 2 aliphatic carbocycles. The minimum Gasteiger partial charge on any atom is -0.459 e. The number of hydrogen-bond donors (Lipinski definition) is 3. The maximum atomic E-state index is 14.6. The highest BCUT2D eigenvalue weighted by Gasteiger charge is 2.63. The van der Waals surface area contributed by atoms with Gasteiger partial charge in [0.2, 0.25) is 21.8 Å². The fourth-order valence-electron chi connectivity index (χ4n) is 7.61. The number of aromatic nitrogens is 2. The van der Waals surface area contributed by atoms with Gasteiger partial charge in [0.25, 0.3) is 11.9 Å². The van der Waals surface area contributed by atoms with Crippen molar-refractivity contribution in [2.24, 2.45) is 5.92 Å². The van der Waals surface area contributed by atoms with Crippen LogP contribution in [-0.2, 0) is 35.7 Å². The van der Waals surface area contributed by atoms with E-state index in [-0.39, 0.29) is 19.4 Å². The number of hydrogen-bond acceptors (Lipinski definition) is 9. The molecule has 3 aromatic rings. The van der Waals surface area contributed by atoms with E-state index in [9.17, 15) is 27.6 Å². The van der Waals surface area contributed by atoms with E-state index in [2.05, 4.69) is 15.4 Å². The van der Waals surface area contributed by atoms with Crippen molar-refractivity contribution in [3.63, 3.8) is 0 Å². The van der Waals surface area contributed by atoms with E-state index in [1.165, 1.54) is 4.90 Å². The normalized spacial score (nSPS) is 27.1. The van der Waals surface area contributed by atoms with Gasteiger partial charge in [-0.2, -0.15) is 4.98 Å². The topological polar surface area (TPSA) is 178 Å². The van der Waals surface area contributed by atoms with Crippen molar-refractivity contribution in [2.75, 3.05) is 6.54 Å². The fraction of sp³-hybridized carbons (Fsp3) is 0.537. The number of rotatable bonds is 8. The largest absolute Gasteiger partial charge is 0.459 e. The van der Waals surface area contributed by atoms with Crippen molar-refractivity contribution >= 4 is 44.9 Å². The van der Waals surface area contributed by atoms with Gasteiger partial charge in [-0.15, -0.1) is 0 Å². The average Bonchev–Trinajstić information content (AvgIpc) is 3.97. The first-order valence-corrected chi connectivity index (χ1v) is 21.1. The summed E-state index contributed by atoms with van der Waals surface area (Å²) in [6, 6.07) is 15.7. The molecular formula is C41H52N6O8S. The van der Waals surface area contributed by atoms with Crippen LogP contribution in [0.2, 0.25) is 0 Å². The lowest BCUT2D eigenvalue weighted by molar-refractivity contribution is -0.141. The molecule has 14 nitrogen and oxygen atoms in total. The number of ether oxygens (including phenoxy) is 2. The summed E-state index contributed by atoms with van der Waals surface area (Å²) in [7, 11) is -3.99. The van der Waals surface area contributed by atoms with E-state index in [1.54, 1.807) is 27.7 Å². The first-order valence-electron chi connectivity index (χ1n) is 19.6. The summed E-state index contributed by atoms with van der Waals surface area (Å²) in [6.07, 6.45) is 6.72. The third kappa shape index (κ3) is 8.42. The van der Waals surface area contributed by atoms with Gasteiger partial charge < -0.3 is 25.0 Å². The Morgan fingerprint density at radius 3 is 2.48 bits per heavy atom. The first kappa shape index (κ1) is 39.3. The molecule has 2 saturated carbocycles. The molecule has 0 spiro atoms. The van der Waals surface area contributed by atoms with Crippen molar-refractivity contribution in [3.8, 4) is 6.01 Å². The van der Waals surface area contributed by atoms with Crippen molar-refractivity contribution in [3.05, 3.63) is 72.3 Å². The Morgan fingerprint density at radius 1 is 1.02 bits per heavy atom. The van der Waals surface area contributed by atoms with Gasteiger partial charge in [-0.1, -0.05) is 67.5 Å². The number of nitrogens with zero attached hydrogens (tertiary/aromatic N) is 3. The number of imidazole rings is 1. The monoisotopic (exact) mass is 788 g/mol. The predicted octanol–water partition coefficient (Wildman–Crippen LogP) is 4.72. The third-order valence-electron chi connectivity index (χ3n) is 11.2. The maximum Gasteiger partial charge on any atom is 0.408 e. The van der Waals surface area contributed by atoms with E-state index in [1.807, 2.05) is 71.3 Å². The summed E-state index contributed by atoms with van der Waals surface area (Å²) < 4.78 is 41.7. The molecule has 0 bridgehead atoms. The lowest BCUT2D eigenvalue weighted by atomic mass is 10.0. The predicted molar refractivity (Wildman–Crippen MR) is 209 cm³/mol. The second kappa shape index (κ2) is 15.2. The Hall–Kier alpha value is -4.92. The van der Waals surface area contributed by atoms with Gasteiger partial charge in [-0.3, -0.25) is 23.7 Å². The summed E-state index contributed by atoms with van der Waals surface area (Å²) in [5.74, 6) is -2.33. The second-order valence-electron chi connectivity index (χ2n) is 16.9. The molecule has 2 aromatic carbocycles. The van der Waals surface area contributed by atoms with Crippen LogP contribution in [0.5, 0.6) is 6.01 Å². The number of carbonyl (C=O) groups is 4. The average molecular weight is 789 g/mol. The van der Waals surface area contributed by atoms with Crippen LogP contribution < -0.4 is 20.1 Å². The molecule has 300 valence electrons. The van der Waals surface area contributed by atoms with Gasteiger partial charge in [0, 0.05) is 12.3 Å². The van der Waals surface area contributed by atoms with Crippen molar-refractivity contribution in [1.29, 1.82) is 0 Å². The van der Waals surface area contributed by atoms with Gasteiger partial charge >= 0.3 is 6.09 Å². The number of para-hydroxylation sites is 2. The lowest BCUT2D eigenvalue weighted by Crippen LogP contribution is -2.58. The molecule has 3 N–H and O–H groups in total. The van der Waals surface area contributed by atoms with Crippen LogP contribution in [0.1, 0.15) is 91.0 Å². The number of sulfonamides is 1. The zero-order chi connectivity index (χ0) is 39.9. The van der Waals surface area contributed by atoms with Gasteiger partial charge in [0.1, 0.15) is 29.3 Å². The minimum atomic E-state index is -3.99. The van der Waals surface area contributed by atoms with Crippen LogP contribution in [0.25, 0.3) is 11.0 Å². The third-order valence-corrected chi connectivity index (χ3v) is 13.4. The molecule has 3 heterocycles. The van der Waals surface area contributed by atoms with E-state index < -0.39 is 73.8 Å². The van der Waals surface area contributed by atoms with Gasteiger partial charge in [-0.05, 0) is 83.9 Å². The van der Waals surface area contributed by atoms with Crippen LogP contribution in [0.15, 0.2) is 66.7 Å². The minimum absolute atomic E-state index is 0.00672. The number of carbonyl (C=O) groups excluding carboxylic acids is 4. The first-order chi connectivity index (χ1) is 26.6. The molecular weight excluding hydrogens is 737 g/mol. The van der Waals surface area contributed by atoms with Gasteiger partial charge in [0.05, 0.1) is 28.9 Å². The zero-order valence-electron chi connectivity index (χ0n) is 32.5. The molecule has 0 unspecified atom stereocenters. The van der Waals surface area contributed by atoms with Crippen LogP contribution in [0, 0.1) is 5.92 Å². The number of nitrogens with one attached hydrogen (secondary N) is 3. The molecule has 3 fully saturated rings. The van der Waals surface area contributed by atoms with Crippen LogP contribution in [0.4, 0.5) is 4.79 Å². The molecule has 15 heteroatoms. The van der Waals surface area contributed by atoms with Crippen LogP contribution in [0.3, 0.4) is 0 Å². The molecule has 1 saturated heterocycles. The van der Waals surface area contributed by atoms with E-state index in [0.29, 0.717) is 44.7 Å². The summed E-state index contributed by atoms with van der Waals surface area (Å²) >= 11 is 0. The van der Waals surface area contributed by atoms with Crippen molar-refractivity contribution in [1.82, 2.24) is 29.8 Å². The number of alkyl carbamates (subject to hydrolysis) is 1. The molecule has 56 heavy (non-hydrogen) atoms. The van der Waals surface area contributed by atoms with Crippen molar-refractivity contribution in [2.45, 2.75) is 126 Å². The molecule has 1 aromatic heterocycles. The standard InChI is InChI=1S/C41H52N6O8S/c1-39(2,3)55-38(51)43-31-19-12-7-5-6-11-17-28-24-41(28,36(50)45-56(52,53)40(4)21-22-40)44-34(48)33-23-29(26-46(33)35(31)49)54-37-42-30-18-13-14-20-32(30)47(37)25-27-15-9-8-10-16-27/h8-11,13-18,20,28-29,31,33H,5-7,12,19,21-26H2,1-4H3,(H,43,51)(H,44,48)(H,45,50)/b17-11-/t28-,29+,31-,33-,41+/m0/s1. The summed E-state index contributed by atoms with van der Waals surface area (Å²) in [6.45, 7) is 7.26. The molecule has 4 aliphatic rings. The Morgan fingerprint density at radius 2 is 1.75 bits per heavy atom. The molecule has 7 rings (SSSR count). The molecule has 0 radical (unpaired) electrons. The fourth-order valence-corrected chi connectivity index (χ4v) is 8.92. The second-order valence-corrected chi connectivity index (χ2v) is 19.1. The van der Waals surface area contributed by atoms with E-state index >= 15 is 0 Å². The summed E-state index contributed by atoms with van der Waals surface area (Å²) in [4.78, 5) is 62.3. The maximum absolute atomic E-state index is 14.6. The Bertz CT molecular complexity index is 2130. The summed E-state index contributed by atoms with van der Waals surface area (Å²) in [5, 5.41) is 5.68. The van der Waals surface area contributed by atoms with Crippen molar-refractivity contribution < 1.29 is 37.1 Å². The number of amides is 4. The van der Waals surface area contributed by atoms with Crippen LogP contribution >= 0.6 is 0 Å². The van der Waals surface area contributed by atoms with E-state index in [0.717, 1.165) is 29.4 Å². The highest BCUT2D eigenvalue weighted by Crippen LogP contribution is 2.47. The van der Waals surface area contributed by atoms with Crippen LogP contribution in [-0.4, -0.2) is 87.3 Å². The SMILES string of the molecule is CC(C)(C)OC(=O)N[C@H]1CCCCC/C=C\[C@H]2C[C@@]2(C(=O)NS(=O)(=O)C2(C)CC2)NC(=O)[C@@H]2C[C@@H](Oc3nc4ccccc4n3Cc3ccccc3)CN2C1=O. The molecule has 4 amide bonds. The molecule has 2 aliphatic heterocycles. The van der Waals surface area contributed by atoms with Gasteiger partial charge in [-0.25, -0.2) is 13.2 Å². The number of benzene rings is 2. The smallest absolute Gasteiger partial charge is 0.408 e. The zero-order valence-corrected chi connectivity index (χ0v) is 33.3. The summed E-state index contributed by atoms with van der Waals surface area (Å²) in [5.41, 5.74) is 0.277. The lowest BCUT2D eigenvalue weighted by Gasteiger charge is -2.30. The number of allylic oxidation sites excluding steroid dienone is 1. The Labute approximate surface area is 327 Å². The van der Waals surface area contributed by atoms with E-state index in [4.69, 9.17) is 14.5 Å². The highest BCUT2D eigenvalue weighted by atomic mass is 32.2. The Kier molecular flexibility index (Phi) is 10.7. The van der Waals surface area contributed by atoms with Gasteiger partial charge in [0.15, 0.2) is 0 Å².